The summed E-state index contributed by atoms with van der Waals surface area (Å²) >= 11 is 0. The number of hydrogen-bond acceptors (Lipinski definition) is 8. The van der Waals surface area contributed by atoms with E-state index >= 15 is 0 Å². The van der Waals surface area contributed by atoms with Gasteiger partial charge in [-0.05, 0) is 47.9 Å². The molecular formula is C32H34N2O8. The quantitative estimate of drug-likeness (QED) is 0.277. The predicted octanol–water partition coefficient (Wildman–Crippen LogP) is 3.15. The van der Waals surface area contributed by atoms with E-state index in [9.17, 15) is 14.7 Å². The lowest BCUT2D eigenvalue weighted by atomic mass is 9.79. The SMILES string of the molecule is COc1ccc(C(OC[C@]2(CO)COC[C@H](n3cc(C)c(=O)[nH]c3=O)O2)(c2ccccc2)c2ccc(OC)cc2)cc1. The first-order valence-electron chi connectivity index (χ1n) is 13.5. The van der Waals surface area contributed by atoms with Crippen LogP contribution in [0.5, 0.6) is 11.5 Å². The maximum atomic E-state index is 12.6. The molecular weight excluding hydrogens is 540 g/mol. The van der Waals surface area contributed by atoms with E-state index < -0.39 is 35.3 Å². The Labute approximate surface area is 243 Å². The monoisotopic (exact) mass is 574 g/mol. The van der Waals surface area contributed by atoms with Gasteiger partial charge in [-0.1, -0.05) is 54.6 Å². The third-order valence-corrected chi connectivity index (χ3v) is 7.48. The zero-order valence-corrected chi connectivity index (χ0v) is 23.7. The van der Waals surface area contributed by atoms with E-state index in [0.29, 0.717) is 17.1 Å². The molecule has 4 aromatic rings. The molecule has 42 heavy (non-hydrogen) atoms. The molecule has 0 amide bonds. The zero-order chi connectivity index (χ0) is 29.7. The molecule has 1 aliphatic rings. The second-order valence-electron chi connectivity index (χ2n) is 10.2. The van der Waals surface area contributed by atoms with E-state index in [-0.39, 0.29) is 19.8 Å². The van der Waals surface area contributed by atoms with Crippen molar-refractivity contribution in [3.8, 4) is 11.5 Å². The Morgan fingerprint density at radius 3 is 2.05 bits per heavy atom. The number of benzene rings is 3. The van der Waals surface area contributed by atoms with Crippen molar-refractivity contribution in [3.63, 3.8) is 0 Å². The first-order valence-corrected chi connectivity index (χ1v) is 13.5. The molecule has 2 atom stereocenters. The standard InChI is InChI=1S/C32H34N2O8/c1-22-17-34(30(37)33-29(22)36)28-18-40-20-31(19-35,42-28)21-41-32(23-7-5-4-6-8-23,24-9-13-26(38-2)14-10-24)25-11-15-27(39-3)16-12-25/h4-17,28,35H,18-21H2,1-3H3,(H,33,36,37)/t28-,31+/m1/s1. The van der Waals surface area contributed by atoms with Crippen molar-refractivity contribution in [3.05, 3.63) is 128 Å². The molecule has 220 valence electrons. The van der Waals surface area contributed by atoms with Gasteiger partial charge in [-0.25, -0.2) is 4.79 Å². The minimum Gasteiger partial charge on any atom is -0.497 e. The number of ether oxygens (including phenoxy) is 5. The van der Waals surface area contributed by atoms with Crippen LogP contribution in [0.1, 0.15) is 28.5 Å². The van der Waals surface area contributed by atoms with Crippen LogP contribution in [0.25, 0.3) is 0 Å². The number of methoxy groups -OCH3 is 2. The second kappa shape index (κ2) is 12.3. The minimum absolute atomic E-state index is 0.0210. The summed E-state index contributed by atoms with van der Waals surface area (Å²) in [7, 11) is 3.22. The van der Waals surface area contributed by atoms with Crippen molar-refractivity contribution < 1.29 is 28.8 Å². The Balaban J connectivity index is 1.59. The van der Waals surface area contributed by atoms with Gasteiger partial charge in [0.25, 0.3) is 5.56 Å². The van der Waals surface area contributed by atoms with E-state index in [0.717, 1.165) is 16.7 Å². The van der Waals surface area contributed by atoms with Crippen LogP contribution >= 0.6 is 0 Å². The largest absolute Gasteiger partial charge is 0.497 e. The molecule has 0 saturated carbocycles. The average molecular weight is 575 g/mol. The first kappa shape index (κ1) is 29.3. The Bertz CT molecular complexity index is 1550. The molecule has 1 fully saturated rings. The van der Waals surface area contributed by atoms with E-state index in [1.807, 2.05) is 78.9 Å². The molecule has 1 aliphatic heterocycles. The van der Waals surface area contributed by atoms with Crippen molar-refractivity contribution >= 4 is 0 Å². The smallest absolute Gasteiger partial charge is 0.330 e. The summed E-state index contributed by atoms with van der Waals surface area (Å²) in [6.45, 7) is 1.11. The normalized spacial score (nSPS) is 18.9. The van der Waals surface area contributed by atoms with Gasteiger partial charge >= 0.3 is 5.69 Å². The number of nitrogens with zero attached hydrogens (tertiary/aromatic N) is 1. The van der Waals surface area contributed by atoms with Crippen molar-refractivity contribution in [2.45, 2.75) is 24.4 Å². The molecule has 2 heterocycles. The van der Waals surface area contributed by atoms with Gasteiger partial charge in [-0.2, -0.15) is 0 Å². The number of aromatic nitrogens is 2. The molecule has 0 spiro atoms. The Morgan fingerprint density at radius 1 is 0.929 bits per heavy atom. The van der Waals surface area contributed by atoms with Crippen LogP contribution in [-0.4, -0.2) is 60.9 Å². The van der Waals surface area contributed by atoms with Crippen LogP contribution in [0.15, 0.2) is 94.6 Å². The van der Waals surface area contributed by atoms with Crippen LogP contribution in [0.2, 0.25) is 0 Å². The topological polar surface area (TPSA) is 121 Å². The number of aliphatic hydroxyl groups is 1. The lowest BCUT2D eigenvalue weighted by Gasteiger charge is -2.43. The second-order valence-corrected chi connectivity index (χ2v) is 10.2. The average Bonchev–Trinajstić information content (AvgIpc) is 3.04. The summed E-state index contributed by atoms with van der Waals surface area (Å²) in [4.78, 5) is 26.9. The van der Waals surface area contributed by atoms with Crippen molar-refractivity contribution in [2.24, 2.45) is 0 Å². The lowest BCUT2D eigenvalue weighted by molar-refractivity contribution is -0.261. The fourth-order valence-corrected chi connectivity index (χ4v) is 5.16. The molecule has 1 saturated heterocycles. The molecule has 0 unspecified atom stereocenters. The highest BCUT2D eigenvalue weighted by molar-refractivity contribution is 5.49. The predicted molar refractivity (Wildman–Crippen MR) is 155 cm³/mol. The van der Waals surface area contributed by atoms with Gasteiger partial charge in [0.15, 0.2) is 6.23 Å². The van der Waals surface area contributed by atoms with Crippen molar-refractivity contribution in [1.82, 2.24) is 9.55 Å². The first-order chi connectivity index (χ1) is 20.3. The summed E-state index contributed by atoms with van der Waals surface area (Å²) in [5, 5.41) is 10.7. The molecule has 0 bridgehead atoms. The number of rotatable bonds is 10. The fourth-order valence-electron chi connectivity index (χ4n) is 5.16. The summed E-state index contributed by atoms with van der Waals surface area (Å²) in [6, 6.07) is 24.9. The Hall–Kier alpha value is -4.22. The van der Waals surface area contributed by atoms with E-state index in [2.05, 4.69) is 4.98 Å². The van der Waals surface area contributed by atoms with Gasteiger partial charge < -0.3 is 28.8 Å². The Morgan fingerprint density at radius 2 is 1.50 bits per heavy atom. The van der Waals surface area contributed by atoms with Gasteiger partial charge in [-0.3, -0.25) is 14.3 Å². The van der Waals surface area contributed by atoms with Gasteiger partial charge in [0.2, 0.25) is 0 Å². The van der Waals surface area contributed by atoms with Crippen molar-refractivity contribution in [2.75, 3.05) is 40.6 Å². The number of aromatic amines is 1. The van der Waals surface area contributed by atoms with Crippen LogP contribution in [0.3, 0.4) is 0 Å². The third-order valence-electron chi connectivity index (χ3n) is 7.48. The van der Waals surface area contributed by atoms with E-state index in [4.69, 9.17) is 23.7 Å². The van der Waals surface area contributed by atoms with Crippen molar-refractivity contribution in [1.29, 1.82) is 0 Å². The molecule has 5 rings (SSSR count). The highest BCUT2D eigenvalue weighted by Gasteiger charge is 2.45. The summed E-state index contributed by atoms with van der Waals surface area (Å²) in [6.07, 6.45) is 0.526. The summed E-state index contributed by atoms with van der Waals surface area (Å²) in [5.41, 5.74) is -0.775. The van der Waals surface area contributed by atoms with Gasteiger partial charge in [0.05, 0.1) is 40.6 Å². The third kappa shape index (κ3) is 5.62. The van der Waals surface area contributed by atoms with E-state index in [1.54, 1.807) is 21.1 Å². The molecule has 0 aliphatic carbocycles. The fraction of sp³-hybridized carbons (Fsp3) is 0.312. The Kier molecular flexibility index (Phi) is 8.60. The van der Waals surface area contributed by atoms with Gasteiger partial charge in [0.1, 0.15) is 22.7 Å². The zero-order valence-electron chi connectivity index (χ0n) is 23.7. The highest BCUT2D eigenvalue weighted by Crippen LogP contribution is 2.43. The molecule has 0 radical (unpaired) electrons. The number of aryl methyl sites for hydroxylation is 1. The maximum Gasteiger partial charge on any atom is 0.330 e. The number of H-pyrrole nitrogens is 1. The van der Waals surface area contributed by atoms with E-state index in [1.165, 1.54) is 10.8 Å². The summed E-state index contributed by atoms with van der Waals surface area (Å²) < 4.78 is 31.2. The van der Waals surface area contributed by atoms with Crippen LogP contribution in [0.4, 0.5) is 0 Å². The molecule has 1 aromatic heterocycles. The summed E-state index contributed by atoms with van der Waals surface area (Å²) in [5.74, 6) is 1.38. The van der Waals surface area contributed by atoms with Crippen LogP contribution < -0.4 is 20.7 Å². The minimum atomic E-state index is -1.33. The number of nitrogens with one attached hydrogen (secondary N) is 1. The number of aliphatic hydroxyl groups excluding tert-OH is 1. The maximum absolute atomic E-state index is 12.6. The van der Waals surface area contributed by atoms with Crippen LogP contribution in [-0.2, 0) is 19.8 Å². The van der Waals surface area contributed by atoms with Gasteiger partial charge in [-0.15, -0.1) is 0 Å². The van der Waals surface area contributed by atoms with Crippen LogP contribution in [0, 0.1) is 6.92 Å². The lowest BCUT2D eigenvalue weighted by Crippen LogP contribution is -2.54. The number of hydrogen-bond donors (Lipinski definition) is 2. The molecule has 3 aromatic carbocycles. The molecule has 2 N–H and O–H groups in total. The highest BCUT2D eigenvalue weighted by atomic mass is 16.6. The van der Waals surface area contributed by atoms with Gasteiger partial charge in [0, 0.05) is 11.8 Å². The molecule has 10 nitrogen and oxygen atoms in total. The molecule has 10 heteroatoms.